The van der Waals surface area contributed by atoms with E-state index in [9.17, 15) is 0 Å². The number of methoxy groups -OCH3 is 1. The molecule has 9 heteroatoms. The molecule has 1 saturated heterocycles. The highest BCUT2D eigenvalue weighted by Gasteiger charge is 2.24. The van der Waals surface area contributed by atoms with E-state index in [4.69, 9.17) is 21.1 Å². The quantitative estimate of drug-likeness (QED) is 0.764. The summed E-state index contributed by atoms with van der Waals surface area (Å²) in [7, 11) is 1.55. The topological polar surface area (TPSA) is 85.3 Å². The largest absolute Gasteiger partial charge is 0.465 e. The van der Waals surface area contributed by atoms with Crippen LogP contribution in [0.15, 0.2) is 18.5 Å². The number of nitrogens with one attached hydrogen (secondary N) is 1. The predicted molar refractivity (Wildman–Crippen MR) is 99.4 cm³/mol. The van der Waals surface area contributed by atoms with Crippen molar-refractivity contribution in [1.29, 1.82) is 0 Å². The smallest absolute Gasteiger partial charge is 0.245 e. The Morgan fingerprint density at radius 3 is 2.85 bits per heavy atom. The second kappa shape index (κ2) is 8.57. The minimum atomic E-state index is 0.0886. The van der Waals surface area contributed by atoms with Crippen molar-refractivity contribution in [3.05, 3.63) is 23.5 Å². The summed E-state index contributed by atoms with van der Waals surface area (Å²) in [6.07, 6.45) is 3.19. The third-order valence-electron chi connectivity index (χ3n) is 4.24. The zero-order valence-corrected chi connectivity index (χ0v) is 15.9. The number of hydrogen-bond donors (Lipinski definition) is 1. The van der Waals surface area contributed by atoms with Crippen LogP contribution in [0.5, 0.6) is 5.75 Å². The first-order valence-corrected chi connectivity index (χ1v) is 8.92. The zero-order valence-electron chi connectivity index (χ0n) is 15.1. The molecule has 3 heterocycles. The number of pyridine rings is 1. The molecule has 1 atom stereocenters. The first kappa shape index (κ1) is 18.8. The third kappa shape index (κ3) is 4.38. The fourth-order valence-electron chi connectivity index (χ4n) is 2.77. The number of ether oxygens (including phenoxy) is 2. The van der Waals surface area contributed by atoms with Crippen molar-refractivity contribution in [3.63, 3.8) is 0 Å². The molecule has 0 bridgehead atoms. The average Bonchev–Trinajstić information content (AvgIpc) is 2.67. The molecule has 1 aliphatic heterocycles. The summed E-state index contributed by atoms with van der Waals surface area (Å²) in [6.45, 7) is 7.12. The molecule has 3 rings (SSSR count). The Morgan fingerprint density at radius 1 is 1.31 bits per heavy atom. The number of nitrogens with zero attached hydrogens (tertiary/aromatic N) is 5. The lowest BCUT2D eigenvalue weighted by atomic mass is 10.0. The molecule has 1 aliphatic rings. The summed E-state index contributed by atoms with van der Waals surface area (Å²) in [5.74, 6) is 1.64. The van der Waals surface area contributed by atoms with Gasteiger partial charge in [-0.3, -0.25) is 0 Å². The van der Waals surface area contributed by atoms with Crippen LogP contribution in [0.4, 0.5) is 5.95 Å². The van der Waals surface area contributed by atoms with Crippen molar-refractivity contribution < 1.29 is 9.47 Å². The Morgan fingerprint density at radius 2 is 2.15 bits per heavy atom. The standard InChI is InChI=1S/C17H23ClN6O2/c1-11(2)14-9-24(5-4-19-14)17-21-8-13(22-23-17)16-15(26-10-25-3)6-12(18)7-20-16/h6-8,11,14,19H,4-5,9-10H2,1-3H3. The van der Waals surface area contributed by atoms with Gasteiger partial charge >= 0.3 is 0 Å². The van der Waals surface area contributed by atoms with Crippen LogP contribution in [0.25, 0.3) is 11.4 Å². The zero-order chi connectivity index (χ0) is 18.5. The van der Waals surface area contributed by atoms with Crippen LogP contribution in [-0.4, -0.2) is 59.7 Å². The third-order valence-corrected chi connectivity index (χ3v) is 4.44. The Bertz CT molecular complexity index is 728. The minimum absolute atomic E-state index is 0.0886. The van der Waals surface area contributed by atoms with E-state index in [1.54, 1.807) is 19.4 Å². The van der Waals surface area contributed by atoms with Gasteiger partial charge in [-0.25, -0.2) is 9.97 Å². The SMILES string of the molecule is COCOc1cc(Cl)cnc1-c1cnc(N2CCNC(C(C)C)C2)nn1. The second-order valence-electron chi connectivity index (χ2n) is 6.45. The maximum atomic E-state index is 6.00. The average molecular weight is 379 g/mol. The van der Waals surface area contributed by atoms with Gasteiger partial charge < -0.3 is 19.7 Å². The number of rotatable bonds is 6. The second-order valence-corrected chi connectivity index (χ2v) is 6.88. The molecule has 140 valence electrons. The molecule has 26 heavy (non-hydrogen) atoms. The maximum Gasteiger partial charge on any atom is 0.245 e. The maximum absolute atomic E-state index is 6.00. The molecule has 0 aliphatic carbocycles. The molecule has 0 aromatic carbocycles. The van der Waals surface area contributed by atoms with Gasteiger partial charge in [-0.15, -0.1) is 10.2 Å². The lowest BCUT2D eigenvalue weighted by Gasteiger charge is -2.35. The molecule has 0 saturated carbocycles. The van der Waals surface area contributed by atoms with Crippen LogP contribution in [0, 0.1) is 5.92 Å². The number of anilines is 1. The first-order chi connectivity index (χ1) is 12.6. The molecule has 1 N–H and O–H groups in total. The summed E-state index contributed by atoms with van der Waals surface area (Å²) >= 11 is 6.00. The van der Waals surface area contributed by atoms with Crippen LogP contribution in [-0.2, 0) is 4.74 Å². The molecule has 0 radical (unpaired) electrons. The van der Waals surface area contributed by atoms with Crippen LogP contribution in [0.1, 0.15) is 13.8 Å². The summed E-state index contributed by atoms with van der Waals surface area (Å²) in [5.41, 5.74) is 1.05. The number of aromatic nitrogens is 4. The number of hydrogen-bond acceptors (Lipinski definition) is 8. The van der Waals surface area contributed by atoms with Gasteiger partial charge in [-0.2, -0.15) is 0 Å². The predicted octanol–water partition coefficient (Wildman–Crippen LogP) is 2.00. The molecule has 8 nitrogen and oxygen atoms in total. The summed E-state index contributed by atoms with van der Waals surface area (Å²) in [6, 6.07) is 2.08. The van der Waals surface area contributed by atoms with E-state index in [-0.39, 0.29) is 6.79 Å². The van der Waals surface area contributed by atoms with Crippen molar-refractivity contribution in [2.45, 2.75) is 19.9 Å². The van der Waals surface area contributed by atoms with Crippen molar-refractivity contribution in [2.24, 2.45) is 5.92 Å². The summed E-state index contributed by atoms with van der Waals surface area (Å²) in [5, 5.41) is 12.6. The number of piperazine rings is 1. The van der Waals surface area contributed by atoms with Gasteiger partial charge in [-0.1, -0.05) is 25.4 Å². The highest BCUT2D eigenvalue weighted by Crippen LogP contribution is 2.28. The molecular weight excluding hydrogens is 356 g/mol. The molecule has 0 spiro atoms. The Hall–Kier alpha value is -2.03. The first-order valence-electron chi connectivity index (χ1n) is 8.54. The van der Waals surface area contributed by atoms with Crippen molar-refractivity contribution in [3.8, 4) is 17.1 Å². The van der Waals surface area contributed by atoms with Crippen LogP contribution in [0.3, 0.4) is 0 Å². The molecular formula is C17H23ClN6O2. The van der Waals surface area contributed by atoms with Crippen molar-refractivity contribution >= 4 is 17.5 Å². The van der Waals surface area contributed by atoms with Crippen molar-refractivity contribution in [2.75, 3.05) is 38.4 Å². The van der Waals surface area contributed by atoms with Gasteiger partial charge in [0, 0.05) is 45.0 Å². The highest BCUT2D eigenvalue weighted by molar-refractivity contribution is 6.30. The Kier molecular flexibility index (Phi) is 6.18. The van der Waals surface area contributed by atoms with E-state index in [1.807, 2.05) is 0 Å². The number of halogens is 1. The minimum Gasteiger partial charge on any atom is -0.465 e. The molecule has 0 amide bonds. The Labute approximate surface area is 157 Å². The van der Waals surface area contributed by atoms with Crippen LogP contribution in [0.2, 0.25) is 5.02 Å². The van der Waals surface area contributed by atoms with Crippen LogP contribution >= 0.6 is 11.6 Å². The summed E-state index contributed by atoms with van der Waals surface area (Å²) in [4.78, 5) is 10.9. The lowest BCUT2D eigenvalue weighted by molar-refractivity contribution is 0.0513. The van der Waals surface area contributed by atoms with E-state index in [1.165, 1.54) is 6.20 Å². The lowest BCUT2D eigenvalue weighted by Crippen LogP contribution is -2.53. The van der Waals surface area contributed by atoms with Gasteiger partial charge in [0.05, 0.1) is 11.2 Å². The van der Waals surface area contributed by atoms with Gasteiger partial charge in [0.1, 0.15) is 11.4 Å². The molecule has 1 fully saturated rings. The van der Waals surface area contributed by atoms with Gasteiger partial charge in [0.25, 0.3) is 0 Å². The fourth-order valence-corrected chi connectivity index (χ4v) is 2.92. The van der Waals surface area contributed by atoms with E-state index in [2.05, 4.69) is 44.2 Å². The van der Waals surface area contributed by atoms with Crippen molar-refractivity contribution in [1.82, 2.24) is 25.5 Å². The van der Waals surface area contributed by atoms with Crippen LogP contribution < -0.4 is 15.0 Å². The monoisotopic (exact) mass is 378 g/mol. The Balaban J connectivity index is 1.79. The fraction of sp³-hybridized carbons (Fsp3) is 0.529. The molecule has 2 aromatic rings. The summed E-state index contributed by atoms with van der Waals surface area (Å²) < 4.78 is 10.5. The van der Waals surface area contributed by atoms with Gasteiger partial charge in [0.15, 0.2) is 12.5 Å². The molecule has 2 aromatic heterocycles. The van der Waals surface area contributed by atoms with Gasteiger partial charge in [-0.05, 0) is 5.92 Å². The van der Waals surface area contributed by atoms with E-state index in [0.29, 0.717) is 40.1 Å². The highest BCUT2D eigenvalue weighted by atomic mass is 35.5. The normalized spacial score (nSPS) is 17.6. The van der Waals surface area contributed by atoms with Gasteiger partial charge in [0.2, 0.25) is 5.95 Å². The van der Waals surface area contributed by atoms with E-state index in [0.717, 1.165) is 19.6 Å². The molecule has 1 unspecified atom stereocenters. The van der Waals surface area contributed by atoms with E-state index >= 15 is 0 Å². The van der Waals surface area contributed by atoms with E-state index < -0.39 is 0 Å².